The van der Waals surface area contributed by atoms with Crippen LogP contribution in [0.1, 0.15) is 18.6 Å². The molecule has 0 aromatic heterocycles. The van der Waals surface area contributed by atoms with Crippen molar-refractivity contribution in [2.45, 2.75) is 19.1 Å². The van der Waals surface area contributed by atoms with Crippen LogP contribution >= 0.6 is 15.9 Å². The van der Waals surface area contributed by atoms with E-state index in [9.17, 15) is 4.39 Å². The van der Waals surface area contributed by atoms with Crippen molar-refractivity contribution in [1.29, 1.82) is 0 Å². The summed E-state index contributed by atoms with van der Waals surface area (Å²) in [5.41, 5.74) is 0.829. The summed E-state index contributed by atoms with van der Waals surface area (Å²) in [5, 5.41) is 0. The van der Waals surface area contributed by atoms with Gasteiger partial charge in [0.2, 0.25) is 0 Å². The standard InChI is InChI=1S/C11H12BrFO2/c1-7(14-5-8-6-15-8)9-3-2-4-10(13)11(9)12/h2-4,7-8H,5-6H2,1H3/t7-,8+/m1/s1. The summed E-state index contributed by atoms with van der Waals surface area (Å²) in [4.78, 5) is 0. The topological polar surface area (TPSA) is 21.8 Å². The summed E-state index contributed by atoms with van der Waals surface area (Å²) in [5.74, 6) is -0.259. The molecule has 1 aliphatic rings. The molecule has 0 aliphatic carbocycles. The van der Waals surface area contributed by atoms with Crippen molar-refractivity contribution >= 4 is 15.9 Å². The van der Waals surface area contributed by atoms with Gasteiger partial charge in [-0.3, -0.25) is 0 Å². The van der Waals surface area contributed by atoms with E-state index in [0.29, 0.717) is 11.1 Å². The Kier molecular flexibility index (Phi) is 3.38. The van der Waals surface area contributed by atoms with E-state index in [0.717, 1.165) is 12.2 Å². The van der Waals surface area contributed by atoms with Crippen LogP contribution in [0.2, 0.25) is 0 Å². The smallest absolute Gasteiger partial charge is 0.137 e. The zero-order chi connectivity index (χ0) is 10.8. The predicted octanol–water partition coefficient (Wildman–Crippen LogP) is 3.06. The maximum Gasteiger partial charge on any atom is 0.137 e. The Morgan fingerprint density at radius 2 is 2.40 bits per heavy atom. The average molecular weight is 275 g/mol. The van der Waals surface area contributed by atoms with Crippen LogP contribution in [-0.4, -0.2) is 19.3 Å². The number of epoxide rings is 1. The van der Waals surface area contributed by atoms with Crippen LogP contribution in [0, 0.1) is 5.82 Å². The molecule has 0 unspecified atom stereocenters. The van der Waals surface area contributed by atoms with Gasteiger partial charge in [-0.15, -0.1) is 0 Å². The van der Waals surface area contributed by atoms with Crippen LogP contribution in [0.3, 0.4) is 0 Å². The summed E-state index contributed by atoms with van der Waals surface area (Å²) in [6.45, 7) is 3.25. The molecule has 15 heavy (non-hydrogen) atoms. The highest BCUT2D eigenvalue weighted by Crippen LogP contribution is 2.28. The number of halogens is 2. The molecule has 0 spiro atoms. The fraction of sp³-hybridized carbons (Fsp3) is 0.455. The first-order chi connectivity index (χ1) is 7.18. The minimum absolute atomic E-state index is 0.126. The van der Waals surface area contributed by atoms with Crippen LogP contribution in [0.4, 0.5) is 4.39 Å². The molecule has 1 aromatic rings. The van der Waals surface area contributed by atoms with Crippen LogP contribution in [0.5, 0.6) is 0 Å². The third kappa shape index (κ3) is 2.77. The lowest BCUT2D eigenvalue weighted by atomic mass is 10.1. The van der Waals surface area contributed by atoms with Crippen molar-refractivity contribution < 1.29 is 13.9 Å². The molecule has 1 aromatic carbocycles. The molecule has 2 atom stereocenters. The Balaban J connectivity index is 2.02. The van der Waals surface area contributed by atoms with E-state index < -0.39 is 0 Å². The minimum atomic E-state index is -0.259. The number of hydrogen-bond donors (Lipinski definition) is 0. The van der Waals surface area contributed by atoms with Crippen molar-refractivity contribution in [3.8, 4) is 0 Å². The maximum atomic E-state index is 13.2. The van der Waals surface area contributed by atoms with E-state index in [1.807, 2.05) is 13.0 Å². The lowest BCUT2D eigenvalue weighted by molar-refractivity contribution is 0.0533. The van der Waals surface area contributed by atoms with Gasteiger partial charge >= 0.3 is 0 Å². The highest BCUT2D eigenvalue weighted by molar-refractivity contribution is 9.10. The number of hydrogen-bond acceptors (Lipinski definition) is 2. The Hall–Kier alpha value is -0.450. The van der Waals surface area contributed by atoms with E-state index >= 15 is 0 Å². The molecule has 2 nitrogen and oxygen atoms in total. The Bertz CT molecular complexity index is 352. The van der Waals surface area contributed by atoms with Crippen molar-refractivity contribution in [2.24, 2.45) is 0 Å². The van der Waals surface area contributed by atoms with Gasteiger partial charge in [-0.25, -0.2) is 4.39 Å². The van der Waals surface area contributed by atoms with Crippen molar-refractivity contribution in [3.05, 3.63) is 34.1 Å². The third-order valence-electron chi connectivity index (χ3n) is 2.35. The fourth-order valence-electron chi connectivity index (χ4n) is 1.34. The number of ether oxygens (including phenoxy) is 2. The summed E-state index contributed by atoms with van der Waals surface area (Å²) in [7, 11) is 0. The van der Waals surface area contributed by atoms with E-state index in [1.165, 1.54) is 6.07 Å². The van der Waals surface area contributed by atoms with Gasteiger partial charge in [-0.2, -0.15) is 0 Å². The molecule has 1 aliphatic heterocycles. The van der Waals surface area contributed by atoms with E-state index in [2.05, 4.69) is 15.9 Å². The summed E-state index contributed by atoms with van der Waals surface area (Å²) in [6, 6.07) is 4.96. The Morgan fingerprint density at radius 1 is 1.67 bits per heavy atom. The first-order valence-corrected chi connectivity index (χ1v) is 5.65. The second-order valence-electron chi connectivity index (χ2n) is 3.57. The third-order valence-corrected chi connectivity index (χ3v) is 3.19. The van der Waals surface area contributed by atoms with E-state index in [-0.39, 0.29) is 18.0 Å². The lowest BCUT2D eigenvalue weighted by Crippen LogP contribution is -2.07. The van der Waals surface area contributed by atoms with E-state index in [4.69, 9.17) is 9.47 Å². The molecule has 0 saturated carbocycles. The van der Waals surface area contributed by atoms with Gasteiger partial charge in [0.15, 0.2) is 0 Å². The average Bonchev–Trinajstić information content (AvgIpc) is 3.02. The van der Waals surface area contributed by atoms with Crippen LogP contribution in [0.15, 0.2) is 22.7 Å². The Labute approximate surface area is 96.5 Å². The highest BCUT2D eigenvalue weighted by Gasteiger charge is 2.24. The molecule has 1 saturated heterocycles. The quantitative estimate of drug-likeness (QED) is 0.788. The van der Waals surface area contributed by atoms with Gasteiger partial charge in [-0.1, -0.05) is 12.1 Å². The van der Waals surface area contributed by atoms with Crippen molar-refractivity contribution in [2.75, 3.05) is 13.2 Å². The molecule has 1 fully saturated rings. The second kappa shape index (κ2) is 4.60. The van der Waals surface area contributed by atoms with E-state index in [1.54, 1.807) is 6.07 Å². The van der Waals surface area contributed by atoms with Crippen molar-refractivity contribution in [1.82, 2.24) is 0 Å². The van der Waals surface area contributed by atoms with Gasteiger partial charge in [0.25, 0.3) is 0 Å². The zero-order valence-electron chi connectivity index (χ0n) is 8.37. The molecular weight excluding hydrogens is 263 g/mol. The van der Waals surface area contributed by atoms with Crippen LogP contribution < -0.4 is 0 Å². The number of rotatable bonds is 4. The highest BCUT2D eigenvalue weighted by atomic mass is 79.9. The van der Waals surface area contributed by atoms with Gasteiger partial charge in [-0.05, 0) is 34.5 Å². The molecule has 0 amide bonds. The molecule has 2 rings (SSSR count). The molecule has 0 bridgehead atoms. The van der Waals surface area contributed by atoms with Gasteiger partial charge in [0, 0.05) is 0 Å². The summed E-state index contributed by atoms with van der Waals surface area (Å²) < 4.78 is 24.3. The second-order valence-corrected chi connectivity index (χ2v) is 4.37. The predicted molar refractivity (Wildman–Crippen MR) is 58.2 cm³/mol. The molecule has 1 heterocycles. The molecule has 0 N–H and O–H groups in total. The maximum absolute atomic E-state index is 13.2. The lowest BCUT2D eigenvalue weighted by Gasteiger charge is -2.14. The largest absolute Gasteiger partial charge is 0.371 e. The SMILES string of the molecule is C[C@@H](OC[C@H]1CO1)c1cccc(F)c1Br. The monoisotopic (exact) mass is 274 g/mol. The number of benzene rings is 1. The van der Waals surface area contributed by atoms with Gasteiger partial charge in [0.05, 0.1) is 23.8 Å². The zero-order valence-corrected chi connectivity index (χ0v) is 9.96. The van der Waals surface area contributed by atoms with Gasteiger partial charge < -0.3 is 9.47 Å². The minimum Gasteiger partial charge on any atom is -0.371 e. The molecule has 82 valence electrons. The fourth-order valence-corrected chi connectivity index (χ4v) is 1.93. The van der Waals surface area contributed by atoms with Crippen LogP contribution in [-0.2, 0) is 9.47 Å². The Morgan fingerprint density at radius 3 is 3.07 bits per heavy atom. The molecular formula is C11H12BrFO2. The summed E-state index contributed by atoms with van der Waals surface area (Å²) in [6.07, 6.45) is 0.110. The van der Waals surface area contributed by atoms with Gasteiger partial charge in [0.1, 0.15) is 11.9 Å². The summed E-state index contributed by atoms with van der Waals surface area (Å²) >= 11 is 3.22. The van der Waals surface area contributed by atoms with Crippen LogP contribution in [0.25, 0.3) is 0 Å². The molecule has 4 heteroatoms. The molecule has 0 radical (unpaired) electrons. The normalized spacial score (nSPS) is 21.4. The van der Waals surface area contributed by atoms with Crippen molar-refractivity contribution in [3.63, 3.8) is 0 Å². The first kappa shape index (κ1) is 11.0. The first-order valence-electron chi connectivity index (χ1n) is 4.85.